The molecule has 2 aliphatic rings. The molecule has 0 N–H and O–H groups in total. The van der Waals surface area contributed by atoms with E-state index in [2.05, 4.69) is 15.9 Å². The van der Waals surface area contributed by atoms with E-state index >= 15 is 0 Å². The molecule has 1 amide bonds. The van der Waals surface area contributed by atoms with Gasteiger partial charge in [-0.3, -0.25) is 0 Å². The first kappa shape index (κ1) is 19.3. The van der Waals surface area contributed by atoms with Gasteiger partial charge in [-0.25, -0.2) is 4.79 Å². The number of halogens is 4. The van der Waals surface area contributed by atoms with Crippen molar-refractivity contribution >= 4 is 27.7 Å². The lowest BCUT2D eigenvalue weighted by Crippen LogP contribution is -2.53. The van der Waals surface area contributed by atoms with E-state index in [9.17, 15) is 18.0 Å². The summed E-state index contributed by atoms with van der Waals surface area (Å²) in [4.78, 5) is 15.7. The highest BCUT2D eigenvalue weighted by Gasteiger charge is 2.54. The van der Waals surface area contributed by atoms with E-state index in [-0.39, 0.29) is 11.6 Å². The summed E-state index contributed by atoms with van der Waals surface area (Å²) in [6, 6.07) is 4.25. The number of para-hydroxylation sites is 1. The van der Waals surface area contributed by atoms with Gasteiger partial charge in [0.25, 0.3) is 0 Å². The van der Waals surface area contributed by atoms with Crippen molar-refractivity contribution in [2.24, 2.45) is 0 Å². The first-order valence-electron chi connectivity index (χ1n) is 8.45. The first-order chi connectivity index (χ1) is 11.8. The zero-order valence-electron chi connectivity index (χ0n) is 15.2. The Balaban J connectivity index is 1.96. The average molecular weight is 435 g/mol. The zero-order chi connectivity index (χ0) is 19.5. The van der Waals surface area contributed by atoms with E-state index in [1.54, 1.807) is 43.7 Å². The third kappa shape index (κ3) is 3.17. The second-order valence-corrected chi connectivity index (χ2v) is 9.22. The van der Waals surface area contributed by atoms with E-state index in [0.29, 0.717) is 25.1 Å². The number of carbonyl (C=O) groups excluding carboxylic acids is 1. The van der Waals surface area contributed by atoms with Crippen molar-refractivity contribution in [1.82, 2.24) is 4.90 Å². The molecule has 0 radical (unpaired) electrons. The van der Waals surface area contributed by atoms with E-state index in [1.807, 2.05) is 0 Å². The minimum absolute atomic E-state index is 0.188. The van der Waals surface area contributed by atoms with Crippen molar-refractivity contribution in [1.29, 1.82) is 0 Å². The Morgan fingerprint density at radius 2 is 1.96 bits per heavy atom. The van der Waals surface area contributed by atoms with Crippen LogP contribution < -0.4 is 4.90 Å². The summed E-state index contributed by atoms with van der Waals surface area (Å²) in [5, 5.41) is 0. The normalized spacial score (nSPS) is 25.8. The van der Waals surface area contributed by atoms with Crippen LogP contribution in [-0.2, 0) is 10.9 Å². The predicted molar refractivity (Wildman–Crippen MR) is 96.7 cm³/mol. The molecule has 0 saturated carbocycles. The molecule has 2 heterocycles. The quantitative estimate of drug-likeness (QED) is 0.426. The summed E-state index contributed by atoms with van der Waals surface area (Å²) in [7, 11) is 1.67. The third-order valence-electron chi connectivity index (χ3n) is 4.96. The Labute approximate surface area is 159 Å². The number of carbonyl (C=O) groups is 1. The van der Waals surface area contributed by atoms with Crippen molar-refractivity contribution in [2.75, 3.05) is 25.0 Å². The Bertz CT molecular complexity index is 732. The third-order valence-corrected chi connectivity index (χ3v) is 6.44. The molecule has 26 heavy (non-hydrogen) atoms. The average Bonchev–Trinajstić information content (AvgIpc) is 2.73. The number of rotatable bonds is 0. The fourth-order valence-electron chi connectivity index (χ4n) is 3.78. The molecule has 0 aromatic heterocycles. The Kier molecular flexibility index (Phi) is 4.49. The number of amides is 1. The molecule has 3 rings (SSSR count). The summed E-state index contributed by atoms with van der Waals surface area (Å²) < 4.78 is 45.2. The summed E-state index contributed by atoms with van der Waals surface area (Å²) in [5.74, 6) is -0.272. The monoisotopic (exact) mass is 434 g/mol. The fraction of sp³-hybridized carbons (Fsp3) is 0.611. The highest BCUT2D eigenvalue weighted by Crippen LogP contribution is 2.57. The van der Waals surface area contributed by atoms with Crippen LogP contribution in [0.25, 0.3) is 0 Å². The Hall–Kier alpha value is -1.44. The van der Waals surface area contributed by atoms with Crippen molar-refractivity contribution in [2.45, 2.75) is 49.3 Å². The molecular weight excluding hydrogens is 413 g/mol. The maximum absolute atomic E-state index is 13.5. The summed E-state index contributed by atoms with van der Waals surface area (Å²) in [6.45, 7) is 6.09. The van der Waals surface area contributed by atoms with Crippen LogP contribution in [0.1, 0.15) is 44.2 Å². The van der Waals surface area contributed by atoms with Crippen molar-refractivity contribution in [3.05, 3.63) is 29.3 Å². The molecule has 1 aromatic carbocycles. The molecule has 1 fully saturated rings. The topological polar surface area (TPSA) is 32.8 Å². The van der Waals surface area contributed by atoms with E-state index in [4.69, 9.17) is 4.74 Å². The zero-order valence-corrected chi connectivity index (χ0v) is 16.7. The second kappa shape index (κ2) is 6.04. The number of hydrogen-bond acceptors (Lipinski definition) is 3. The van der Waals surface area contributed by atoms with E-state index in [0.717, 1.165) is 6.07 Å². The fourth-order valence-corrected chi connectivity index (χ4v) is 4.53. The number of anilines is 1. The maximum atomic E-state index is 13.5. The largest absolute Gasteiger partial charge is 0.444 e. The number of nitrogens with zero attached hydrogens (tertiary/aromatic N) is 2. The van der Waals surface area contributed by atoms with Gasteiger partial charge < -0.3 is 14.5 Å². The molecule has 4 nitrogen and oxygen atoms in total. The molecule has 0 aliphatic carbocycles. The molecular formula is C18H22BrF3N2O2. The van der Waals surface area contributed by atoms with Crippen molar-refractivity contribution in [3.63, 3.8) is 0 Å². The number of alkyl halides is 4. The molecule has 0 bridgehead atoms. The number of hydrogen-bond donors (Lipinski definition) is 0. The molecule has 1 aromatic rings. The van der Waals surface area contributed by atoms with Crippen molar-refractivity contribution < 1.29 is 22.7 Å². The lowest BCUT2D eigenvalue weighted by Gasteiger charge is -2.44. The summed E-state index contributed by atoms with van der Waals surface area (Å²) in [6.07, 6.45) is -4.36. The number of fused-ring (bicyclic) bond motifs is 3. The van der Waals surface area contributed by atoms with Gasteiger partial charge in [-0.15, -0.1) is 0 Å². The Morgan fingerprint density at radius 1 is 1.31 bits per heavy atom. The van der Waals surface area contributed by atoms with Crippen LogP contribution in [0.5, 0.6) is 0 Å². The molecule has 1 saturated heterocycles. The highest BCUT2D eigenvalue weighted by atomic mass is 79.9. The van der Waals surface area contributed by atoms with Gasteiger partial charge in [-0.05, 0) is 38.8 Å². The van der Waals surface area contributed by atoms with Gasteiger partial charge in [0.05, 0.1) is 11.3 Å². The predicted octanol–water partition coefficient (Wildman–Crippen LogP) is 4.97. The van der Waals surface area contributed by atoms with Crippen LogP contribution in [0, 0.1) is 0 Å². The smallest absolute Gasteiger partial charge is 0.418 e. The van der Waals surface area contributed by atoms with Gasteiger partial charge >= 0.3 is 12.3 Å². The first-order valence-corrected chi connectivity index (χ1v) is 9.24. The number of likely N-dealkylation sites (N-methyl/N-ethyl adjacent to an activating group) is 1. The molecule has 0 unspecified atom stereocenters. The van der Waals surface area contributed by atoms with Gasteiger partial charge in [-0.1, -0.05) is 28.1 Å². The standard InChI is InChI=1S/C18H22BrF3N2O2/c1-16(2,3)26-15(25)24-9-8-17(19)13(10-24)11-6-5-7-12(18(20,21)22)14(11)23(17)4/h5-7,13H,8-10H2,1-4H3/t13-,17+/m0/s1. The lowest BCUT2D eigenvalue weighted by atomic mass is 9.88. The lowest BCUT2D eigenvalue weighted by molar-refractivity contribution is -0.137. The SMILES string of the molecule is CN1c2c(cccc2C(F)(F)F)[C@@H]2CN(C(=O)OC(C)(C)C)CC[C@]21Br. The number of benzene rings is 1. The van der Waals surface area contributed by atoms with Crippen LogP contribution in [0.3, 0.4) is 0 Å². The van der Waals surface area contributed by atoms with Crippen molar-refractivity contribution in [3.8, 4) is 0 Å². The maximum Gasteiger partial charge on any atom is 0.418 e. The summed E-state index contributed by atoms with van der Waals surface area (Å²) in [5.41, 5.74) is -0.469. The number of piperidine rings is 1. The van der Waals surface area contributed by atoms with Crippen LogP contribution in [0.4, 0.5) is 23.7 Å². The molecule has 8 heteroatoms. The van der Waals surface area contributed by atoms with Crippen LogP contribution in [-0.4, -0.2) is 41.2 Å². The molecule has 2 atom stereocenters. The van der Waals surface area contributed by atoms with Gasteiger partial charge in [0.1, 0.15) is 10.0 Å². The highest BCUT2D eigenvalue weighted by molar-refractivity contribution is 9.10. The van der Waals surface area contributed by atoms with E-state index in [1.165, 1.54) is 6.07 Å². The second-order valence-electron chi connectivity index (χ2n) is 7.85. The van der Waals surface area contributed by atoms with Crippen LogP contribution in [0.15, 0.2) is 18.2 Å². The minimum atomic E-state index is -4.43. The van der Waals surface area contributed by atoms with Crippen LogP contribution >= 0.6 is 15.9 Å². The van der Waals surface area contributed by atoms with Gasteiger partial charge in [0.15, 0.2) is 0 Å². The Morgan fingerprint density at radius 3 is 2.54 bits per heavy atom. The number of ether oxygens (including phenoxy) is 1. The summed E-state index contributed by atoms with van der Waals surface area (Å²) >= 11 is 3.69. The molecule has 2 aliphatic heterocycles. The molecule has 144 valence electrons. The number of likely N-dealkylation sites (tertiary alicyclic amines) is 1. The minimum Gasteiger partial charge on any atom is -0.444 e. The molecule has 0 spiro atoms. The van der Waals surface area contributed by atoms with Gasteiger partial charge in [-0.2, -0.15) is 13.2 Å². The van der Waals surface area contributed by atoms with E-state index < -0.39 is 27.9 Å². The van der Waals surface area contributed by atoms with Gasteiger partial charge in [0.2, 0.25) is 0 Å². The van der Waals surface area contributed by atoms with Gasteiger partial charge in [0, 0.05) is 26.1 Å². The van der Waals surface area contributed by atoms with Crippen LogP contribution in [0.2, 0.25) is 0 Å².